The zero-order chi connectivity index (χ0) is 8.55. The summed E-state index contributed by atoms with van der Waals surface area (Å²) < 4.78 is 2.20. The molecule has 0 aliphatic heterocycles. The smallest absolute Gasteiger partial charge is 0.0479 e. The standard InChI is InChI=1S/C11H12N/c1-3-10-8-9-6-4-5-7-11(9)12(10)2/h4-8H,1,3H2,2H3. The first-order chi connectivity index (χ1) is 5.83. The number of aromatic nitrogens is 1. The number of hydrogen-bond donors (Lipinski definition) is 0. The Bertz CT molecular complexity index is 398. The molecule has 1 heteroatoms. The van der Waals surface area contributed by atoms with E-state index >= 15 is 0 Å². The van der Waals surface area contributed by atoms with Crippen molar-refractivity contribution in [1.82, 2.24) is 4.57 Å². The Morgan fingerprint density at radius 1 is 1.33 bits per heavy atom. The number of para-hydroxylation sites is 1. The number of hydrogen-bond acceptors (Lipinski definition) is 0. The highest BCUT2D eigenvalue weighted by atomic mass is 14.9. The van der Waals surface area contributed by atoms with Crippen molar-refractivity contribution >= 4 is 10.9 Å². The Hall–Kier alpha value is -1.24. The molecule has 0 unspecified atom stereocenters. The fourth-order valence-corrected chi connectivity index (χ4v) is 1.59. The average molecular weight is 158 g/mol. The number of benzene rings is 1. The highest BCUT2D eigenvalue weighted by molar-refractivity contribution is 5.81. The number of rotatable bonds is 1. The van der Waals surface area contributed by atoms with Gasteiger partial charge in [0.1, 0.15) is 0 Å². The summed E-state index contributed by atoms with van der Waals surface area (Å²) in [6.45, 7) is 3.89. The first kappa shape index (κ1) is 7.41. The highest BCUT2D eigenvalue weighted by Crippen LogP contribution is 2.17. The number of aryl methyl sites for hydroxylation is 1. The van der Waals surface area contributed by atoms with E-state index in [0.717, 1.165) is 6.42 Å². The molecule has 0 amide bonds. The second kappa shape index (κ2) is 2.67. The predicted molar refractivity (Wildman–Crippen MR) is 52.0 cm³/mol. The van der Waals surface area contributed by atoms with E-state index in [0.29, 0.717) is 0 Å². The van der Waals surface area contributed by atoms with E-state index in [1.807, 2.05) is 0 Å². The van der Waals surface area contributed by atoms with Gasteiger partial charge in [0.05, 0.1) is 0 Å². The fourth-order valence-electron chi connectivity index (χ4n) is 1.59. The zero-order valence-electron chi connectivity index (χ0n) is 7.25. The lowest BCUT2D eigenvalue weighted by Gasteiger charge is -1.99. The minimum absolute atomic E-state index is 0.852. The second-order valence-electron chi connectivity index (χ2n) is 3.00. The van der Waals surface area contributed by atoms with Gasteiger partial charge in [0.25, 0.3) is 0 Å². The van der Waals surface area contributed by atoms with Gasteiger partial charge in [-0.25, -0.2) is 0 Å². The summed E-state index contributed by atoms with van der Waals surface area (Å²) in [4.78, 5) is 0. The van der Waals surface area contributed by atoms with Crippen molar-refractivity contribution in [1.29, 1.82) is 0 Å². The molecule has 1 aromatic carbocycles. The van der Waals surface area contributed by atoms with E-state index in [-0.39, 0.29) is 0 Å². The van der Waals surface area contributed by atoms with Crippen molar-refractivity contribution in [3.05, 3.63) is 42.9 Å². The largest absolute Gasteiger partial charge is 0.348 e. The molecular weight excluding hydrogens is 146 g/mol. The molecule has 12 heavy (non-hydrogen) atoms. The molecule has 0 N–H and O–H groups in total. The molecule has 0 spiro atoms. The van der Waals surface area contributed by atoms with Crippen molar-refractivity contribution in [2.75, 3.05) is 0 Å². The summed E-state index contributed by atoms with van der Waals surface area (Å²) in [6, 6.07) is 10.6. The van der Waals surface area contributed by atoms with Crippen LogP contribution in [0.1, 0.15) is 5.69 Å². The van der Waals surface area contributed by atoms with Crippen LogP contribution in [0.4, 0.5) is 0 Å². The normalized spacial score (nSPS) is 10.8. The molecule has 0 atom stereocenters. The molecule has 2 rings (SSSR count). The maximum absolute atomic E-state index is 3.89. The third-order valence-corrected chi connectivity index (χ3v) is 2.31. The summed E-state index contributed by atoms with van der Waals surface area (Å²) in [7, 11) is 2.09. The second-order valence-corrected chi connectivity index (χ2v) is 3.00. The zero-order valence-corrected chi connectivity index (χ0v) is 7.25. The molecule has 1 aromatic heterocycles. The molecule has 1 heterocycles. The molecule has 2 aromatic rings. The van der Waals surface area contributed by atoms with Crippen LogP contribution in [0.2, 0.25) is 0 Å². The third kappa shape index (κ3) is 0.934. The third-order valence-electron chi connectivity index (χ3n) is 2.31. The van der Waals surface area contributed by atoms with E-state index in [2.05, 4.69) is 48.9 Å². The summed E-state index contributed by atoms with van der Waals surface area (Å²) in [5.74, 6) is 0. The van der Waals surface area contributed by atoms with Crippen LogP contribution < -0.4 is 0 Å². The SMILES string of the molecule is [CH2]Cc1cc2ccccc2n1C. The summed E-state index contributed by atoms with van der Waals surface area (Å²) in [5.41, 5.74) is 2.58. The molecule has 0 aliphatic carbocycles. The van der Waals surface area contributed by atoms with E-state index in [4.69, 9.17) is 0 Å². The van der Waals surface area contributed by atoms with Crippen LogP contribution in [0, 0.1) is 6.92 Å². The Morgan fingerprint density at radius 2 is 2.08 bits per heavy atom. The van der Waals surface area contributed by atoms with Crippen LogP contribution in [0.25, 0.3) is 10.9 Å². The van der Waals surface area contributed by atoms with Crippen LogP contribution in [0.15, 0.2) is 30.3 Å². The van der Waals surface area contributed by atoms with E-state index in [1.54, 1.807) is 0 Å². The maximum Gasteiger partial charge on any atom is 0.0479 e. The van der Waals surface area contributed by atoms with E-state index < -0.39 is 0 Å². The Balaban J connectivity index is 2.78. The van der Waals surface area contributed by atoms with Crippen LogP contribution in [-0.2, 0) is 13.5 Å². The number of fused-ring (bicyclic) bond motifs is 1. The Morgan fingerprint density at radius 3 is 2.75 bits per heavy atom. The first-order valence-electron chi connectivity index (χ1n) is 4.15. The fraction of sp³-hybridized carbons (Fsp3) is 0.182. The maximum atomic E-state index is 3.89. The Kier molecular flexibility index (Phi) is 1.65. The average Bonchev–Trinajstić information content (AvgIpc) is 2.44. The van der Waals surface area contributed by atoms with E-state index in [1.165, 1.54) is 16.6 Å². The quantitative estimate of drug-likeness (QED) is 0.601. The van der Waals surface area contributed by atoms with Crippen molar-refractivity contribution in [3.63, 3.8) is 0 Å². The lowest BCUT2D eigenvalue weighted by molar-refractivity contribution is 0.889. The van der Waals surface area contributed by atoms with E-state index in [9.17, 15) is 0 Å². The first-order valence-corrected chi connectivity index (χ1v) is 4.15. The van der Waals surface area contributed by atoms with Gasteiger partial charge in [0.2, 0.25) is 0 Å². The monoisotopic (exact) mass is 158 g/mol. The van der Waals surface area contributed by atoms with Crippen LogP contribution in [0.5, 0.6) is 0 Å². The van der Waals surface area contributed by atoms with Gasteiger partial charge in [-0.3, -0.25) is 0 Å². The van der Waals surface area contributed by atoms with Crippen molar-refractivity contribution in [2.24, 2.45) is 7.05 Å². The summed E-state index contributed by atoms with van der Waals surface area (Å²) in [6.07, 6.45) is 0.852. The van der Waals surface area contributed by atoms with Crippen LogP contribution >= 0.6 is 0 Å². The molecule has 1 nitrogen and oxygen atoms in total. The van der Waals surface area contributed by atoms with Crippen LogP contribution in [-0.4, -0.2) is 4.57 Å². The van der Waals surface area contributed by atoms with Gasteiger partial charge in [-0.1, -0.05) is 18.2 Å². The van der Waals surface area contributed by atoms with Crippen molar-refractivity contribution in [2.45, 2.75) is 6.42 Å². The van der Waals surface area contributed by atoms with Crippen molar-refractivity contribution in [3.8, 4) is 0 Å². The van der Waals surface area contributed by atoms with Gasteiger partial charge < -0.3 is 4.57 Å². The molecule has 0 aliphatic rings. The lowest BCUT2D eigenvalue weighted by Crippen LogP contribution is -1.92. The summed E-state index contributed by atoms with van der Waals surface area (Å²) >= 11 is 0. The predicted octanol–water partition coefficient (Wildman–Crippen LogP) is 2.55. The van der Waals surface area contributed by atoms with Crippen LogP contribution in [0.3, 0.4) is 0 Å². The van der Waals surface area contributed by atoms with Gasteiger partial charge in [-0.15, -0.1) is 0 Å². The lowest BCUT2D eigenvalue weighted by atomic mass is 10.2. The molecular formula is C11H12N. The molecule has 0 fully saturated rings. The Labute approximate surface area is 72.6 Å². The molecule has 1 radical (unpaired) electrons. The highest BCUT2D eigenvalue weighted by Gasteiger charge is 2.01. The van der Waals surface area contributed by atoms with Gasteiger partial charge >= 0.3 is 0 Å². The number of nitrogens with zero attached hydrogens (tertiary/aromatic N) is 1. The topological polar surface area (TPSA) is 4.93 Å². The van der Waals surface area contributed by atoms with Gasteiger partial charge in [-0.2, -0.15) is 0 Å². The molecule has 0 saturated heterocycles. The summed E-state index contributed by atoms with van der Waals surface area (Å²) in [5, 5.41) is 1.30. The van der Waals surface area contributed by atoms with Gasteiger partial charge in [0.15, 0.2) is 0 Å². The van der Waals surface area contributed by atoms with Gasteiger partial charge in [0, 0.05) is 18.3 Å². The minimum atomic E-state index is 0.852. The molecule has 0 bridgehead atoms. The minimum Gasteiger partial charge on any atom is -0.348 e. The van der Waals surface area contributed by atoms with Gasteiger partial charge in [-0.05, 0) is 30.9 Å². The van der Waals surface area contributed by atoms with Crippen molar-refractivity contribution < 1.29 is 0 Å². The molecule has 61 valence electrons. The molecule has 0 saturated carbocycles.